The van der Waals surface area contributed by atoms with Crippen LogP contribution in [0.4, 0.5) is 0 Å². The Morgan fingerprint density at radius 3 is 2.96 bits per heavy atom. The van der Waals surface area contributed by atoms with E-state index >= 15 is 0 Å². The summed E-state index contributed by atoms with van der Waals surface area (Å²) in [6, 6.07) is 10.3. The first-order chi connectivity index (χ1) is 11.8. The molecule has 1 aliphatic rings. The standard InChI is InChI=1S/C18H26N4O2/c1-2-22-14-19-20-18(22)17-13-21(10-11-24-17)12-16(23)9-8-15-6-4-3-5-7-15/h3-7,14,16-17,23H,2,8-13H2,1H3/t16-,17+/m0/s1. The van der Waals surface area contributed by atoms with E-state index in [1.54, 1.807) is 6.33 Å². The lowest BCUT2D eigenvalue weighted by atomic mass is 10.1. The van der Waals surface area contributed by atoms with Gasteiger partial charge in [-0.1, -0.05) is 30.3 Å². The molecule has 2 heterocycles. The Balaban J connectivity index is 1.50. The maximum atomic E-state index is 10.4. The SMILES string of the molecule is CCn1cnnc1[C@H]1CN(C[C@@H](O)CCc2ccccc2)CCO1. The molecular formula is C18H26N4O2. The Hall–Kier alpha value is -1.76. The summed E-state index contributed by atoms with van der Waals surface area (Å²) < 4.78 is 7.87. The van der Waals surface area contributed by atoms with Gasteiger partial charge in [0.15, 0.2) is 5.82 Å². The monoisotopic (exact) mass is 330 g/mol. The Morgan fingerprint density at radius 1 is 1.33 bits per heavy atom. The van der Waals surface area contributed by atoms with Crippen LogP contribution in [-0.2, 0) is 17.7 Å². The molecule has 1 aromatic carbocycles. The second-order valence-electron chi connectivity index (χ2n) is 6.27. The number of morpholine rings is 1. The Kier molecular flexibility index (Phi) is 5.96. The third kappa shape index (κ3) is 4.41. The quantitative estimate of drug-likeness (QED) is 0.836. The van der Waals surface area contributed by atoms with Crippen LogP contribution in [-0.4, -0.2) is 57.1 Å². The molecular weight excluding hydrogens is 304 g/mol. The zero-order chi connectivity index (χ0) is 16.8. The average Bonchev–Trinajstić information content (AvgIpc) is 3.10. The molecule has 0 radical (unpaired) electrons. The number of hydrogen-bond donors (Lipinski definition) is 1. The molecule has 1 aliphatic heterocycles. The van der Waals surface area contributed by atoms with Crippen molar-refractivity contribution >= 4 is 0 Å². The van der Waals surface area contributed by atoms with Gasteiger partial charge in [0.2, 0.25) is 0 Å². The van der Waals surface area contributed by atoms with E-state index in [9.17, 15) is 5.11 Å². The summed E-state index contributed by atoms with van der Waals surface area (Å²) in [6.45, 7) is 5.84. The van der Waals surface area contributed by atoms with Crippen molar-refractivity contribution in [3.63, 3.8) is 0 Å². The summed E-state index contributed by atoms with van der Waals surface area (Å²) >= 11 is 0. The van der Waals surface area contributed by atoms with E-state index in [0.29, 0.717) is 13.2 Å². The predicted molar refractivity (Wildman–Crippen MR) is 91.6 cm³/mol. The van der Waals surface area contributed by atoms with E-state index in [1.807, 2.05) is 22.8 Å². The lowest BCUT2D eigenvalue weighted by Gasteiger charge is -2.33. The van der Waals surface area contributed by atoms with Gasteiger partial charge in [-0.3, -0.25) is 4.90 Å². The molecule has 0 unspecified atom stereocenters. The summed E-state index contributed by atoms with van der Waals surface area (Å²) in [4.78, 5) is 2.26. The van der Waals surface area contributed by atoms with Gasteiger partial charge in [-0.2, -0.15) is 0 Å². The molecule has 0 amide bonds. The zero-order valence-electron chi connectivity index (χ0n) is 14.2. The highest BCUT2D eigenvalue weighted by molar-refractivity contribution is 5.14. The van der Waals surface area contributed by atoms with Crippen molar-refractivity contribution < 1.29 is 9.84 Å². The van der Waals surface area contributed by atoms with Crippen LogP contribution in [0.5, 0.6) is 0 Å². The third-order valence-corrected chi connectivity index (χ3v) is 4.50. The number of nitrogens with zero attached hydrogens (tertiary/aromatic N) is 4. The highest BCUT2D eigenvalue weighted by atomic mass is 16.5. The minimum absolute atomic E-state index is 0.0671. The molecule has 0 aliphatic carbocycles. The predicted octanol–water partition coefficient (Wildman–Crippen LogP) is 1.66. The van der Waals surface area contributed by atoms with Gasteiger partial charge >= 0.3 is 0 Å². The molecule has 1 fully saturated rings. The highest BCUT2D eigenvalue weighted by Crippen LogP contribution is 2.21. The van der Waals surface area contributed by atoms with Crippen molar-refractivity contribution in [2.24, 2.45) is 0 Å². The molecule has 1 saturated heterocycles. The van der Waals surface area contributed by atoms with Crippen LogP contribution < -0.4 is 0 Å². The summed E-state index contributed by atoms with van der Waals surface area (Å²) in [5.41, 5.74) is 1.27. The Morgan fingerprint density at radius 2 is 2.17 bits per heavy atom. The average molecular weight is 330 g/mol. The maximum Gasteiger partial charge on any atom is 0.163 e. The van der Waals surface area contributed by atoms with Crippen LogP contribution in [0.25, 0.3) is 0 Å². The summed E-state index contributed by atoms with van der Waals surface area (Å²) in [5.74, 6) is 0.876. The van der Waals surface area contributed by atoms with Gasteiger partial charge in [-0.05, 0) is 25.3 Å². The maximum absolute atomic E-state index is 10.4. The molecule has 1 aromatic heterocycles. The number of benzene rings is 1. The minimum atomic E-state index is -0.326. The number of rotatable bonds is 7. The third-order valence-electron chi connectivity index (χ3n) is 4.50. The van der Waals surface area contributed by atoms with Gasteiger partial charge in [-0.25, -0.2) is 0 Å². The molecule has 24 heavy (non-hydrogen) atoms. The molecule has 2 atom stereocenters. The second kappa shape index (κ2) is 8.37. The van der Waals surface area contributed by atoms with Gasteiger partial charge in [0.1, 0.15) is 12.4 Å². The molecule has 1 N–H and O–H groups in total. The summed E-state index contributed by atoms with van der Waals surface area (Å²) in [7, 11) is 0. The topological polar surface area (TPSA) is 63.4 Å². The van der Waals surface area contributed by atoms with Gasteiger partial charge in [0.05, 0.1) is 12.7 Å². The van der Waals surface area contributed by atoms with E-state index in [-0.39, 0.29) is 12.2 Å². The normalized spacial score (nSPS) is 20.2. The van der Waals surface area contributed by atoms with E-state index < -0.39 is 0 Å². The first kappa shape index (κ1) is 17.1. The van der Waals surface area contributed by atoms with Crippen molar-refractivity contribution in [3.05, 3.63) is 48.0 Å². The van der Waals surface area contributed by atoms with Crippen molar-refractivity contribution in [1.29, 1.82) is 0 Å². The van der Waals surface area contributed by atoms with Gasteiger partial charge in [0, 0.05) is 26.2 Å². The van der Waals surface area contributed by atoms with E-state index in [4.69, 9.17) is 4.74 Å². The zero-order valence-corrected chi connectivity index (χ0v) is 14.2. The fourth-order valence-electron chi connectivity index (χ4n) is 3.15. The van der Waals surface area contributed by atoms with Crippen molar-refractivity contribution in [1.82, 2.24) is 19.7 Å². The lowest BCUT2D eigenvalue weighted by Crippen LogP contribution is -2.43. The van der Waals surface area contributed by atoms with E-state index in [2.05, 4.69) is 34.2 Å². The Bertz CT molecular complexity index is 616. The minimum Gasteiger partial charge on any atom is -0.392 e. The largest absolute Gasteiger partial charge is 0.392 e. The second-order valence-corrected chi connectivity index (χ2v) is 6.27. The molecule has 0 saturated carbocycles. The number of aliphatic hydroxyl groups is 1. The van der Waals surface area contributed by atoms with E-state index in [1.165, 1.54) is 5.56 Å². The van der Waals surface area contributed by atoms with Crippen LogP contribution in [0.2, 0.25) is 0 Å². The number of β-amino-alcohol motifs (C(OH)–C–C–N with tert-alkyl or cyclic N) is 1. The van der Waals surface area contributed by atoms with Crippen molar-refractivity contribution in [2.45, 2.75) is 38.5 Å². The Labute approximate surface area is 143 Å². The highest BCUT2D eigenvalue weighted by Gasteiger charge is 2.26. The summed E-state index contributed by atoms with van der Waals surface area (Å²) in [5, 5.41) is 18.5. The number of ether oxygens (including phenoxy) is 1. The fourth-order valence-corrected chi connectivity index (χ4v) is 3.15. The molecule has 130 valence electrons. The molecule has 3 rings (SSSR count). The first-order valence-electron chi connectivity index (χ1n) is 8.70. The van der Waals surface area contributed by atoms with Gasteiger partial charge in [0.25, 0.3) is 0 Å². The van der Waals surface area contributed by atoms with Crippen LogP contribution in [0, 0.1) is 0 Å². The number of hydrogen-bond acceptors (Lipinski definition) is 5. The molecule has 2 aromatic rings. The molecule has 0 bridgehead atoms. The number of aliphatic hydroxyl groups excluding tert-OH is 1. The number of aromatic nitrogens is 3. The smallest absolute Gasteiger partial charge is 0.163 e. The number of aryl methyl sites for hydroxylation is 2. The lowest BCUT2D eigenvalue weighted by molar-refractivity contribution is -0.0478. The van der Waals surface area contributed by atoms with Gasteiger partial charge < -0.3 is 14.4 Å². The molecule has 6 nitrogen and oxygen atoms in total. The van der Waals surface area contributed by atoms with Gasteiger partial charge in [-0.15, -0.1) is 10.2 Å². The van der Waals surface area contributed by atoms with Crippen molar-refractivity contribution in [2.75, 3.05) is 26.2 Å². The van der Waals surface area contributed by atoms with Crippen molar-refractivity contribution in [3.8, 4) is 0 Å². The van der Waals surface area contributed by atoms with Crippen LogP contribution in [0.1, 0.15) is 30.8 Å². The van der Waals surface area contributed by atoms with Crippen LogP contribution in [0.3, 0.4) is 0 Å². The van der Waals surface area contributed by atoms with E-state index in [0.717, 1.165) is 38.3 Å². The van der Waals surface area contributed by atoms with Crippen LogP contribution >= 0.6 is 0 Å². The fraction of sp³-hybridized carbons (Fsp3) is 0.556. The molecule has 6 heteroatoms. The molecule has 0 spiro atoms. The first-order valence-corrected chi connectivity index (χ1v) is 8.70. The summed E-state index contributed by atoms with van der Waals surface area (Å²) in [6.07, 6.45) is 3.03. The van der Waals surface area contributed by atoms with Crippen LogP contribution in [0.15, 0.2) is 36.7 Å².